The minimum absolute atomic E-state index is 0.0489. The molecule has 1 rings (SSSR count). The van der Waals surface area contributed by atoms with Gasteiger partial charge in [-0.3, -0.25) is 4.98 Å². The Morgan fingerprint density at radius 3 is 2.70 bits per heavy atom. The maximum atomic E-state index is 12.4. The molecule has 0 saturated heterocycles. The van der Waals surface area contributed by atoms with Crippen molar-refractivity contribution in [2.75, 3.05) is 7.05 Å². The molecule has 0 aliphatic rings. The normalized spacial score (nSPS) is 13.8. The van der Waals surface area contributed by atoms with Crippen LogP contribution in [0.2, 0.25) is 0 Å². The van der Waals surface area contributed by atoms with Crippen molar-refractivity contribution in [3.63, 3.8) is 0 Å². The molecule has 0 radical (unpaired) electrons. The summed E-state index contributed by atoms with van der Waals surface area (Å²) in [7, 11) is -2.10. The van der Waals surface area contributed by atoms with E-state index in [2.05, 4.69) is 4.98 Å². The summed E-state index contributed by atoms with van der Waals surface area (Å²) in [5.41, 5.74) is 0.422. The lowest BCUT2D eigenvalue weighted by Crippen LogP contribution is -2.34. The third kappa shape index (κ3) is 3.88. The number of aromatic nitrogens is 1. The van der Waals surface area contributed by atoms with Gasteiger partial charge in [-0.05, 0) is 31.1 Å². The highest BCUT2D eigenvalue weighted by Crippen LogP contribution is 2.18. The second-order valence-corrected chi connectivity index (χ2v) is 6.40. The van der Waals surface area contributed by atoms with Crippen LogP contribution >= 0.6 is 0 Å². The second-order valence-electron chi connectivity index (χ2n) is 4.40. The fourth-order valence-electron chi connectivity index (χ4n) is 1.50. The predicted molar refractivity (Wildman–Crippen MR) is 75.6 cm³/mol. The van der Waals surface area contributed by atoms with Gasteiger partial charge in [-0.2, -0.15) is 4.31 Å². The molecule has 1 heterocycles. The lowest BCUT2D eigenvalue weighted by molar-refractivity contribution is -0.131. The zero-order valence-electron chi connectivity index (χ0n) is 11.6. The van der Waals surface area contributed by atoms with Crippen LogP contribution in [0.1, 0.15) is 25.8 Å². The van der Waals surface area contributed by atoms with Gasteiger partial charge >= 0.3 is 5.97 Å². The van der Waals surface area contributed by atoms with E-state index in [1.54, 1.807) is 0 Å². The lowest BCUT2D eigenvalue weighted by atomic mass is 10.2. The molecule has 0 fully saturated rings. The summed E-state index contributed by atoms with van der Waals surface area (Å²) in [6.07, 6.45) is 5.60. The van der Waals surface area contributed by atoms with Crippen molar-refractivity contribution in [3.05, 3.63) is 30.1 Å². The van der Waals surface area contributed by atoms with Crippen LogP contribution in [0.15, 0.2) is 29.4 Å². The number of carboxylic acids is 1. The first-order valence-electron chi connectivity index (χ1n) is 6.13. The third-order valence-electron chi connectivity index (χ3n) is 3.04. The Labute approximate surface area is 118 Å². The molecule has 1 aromatic heterocycles. The monoisotopic (exact) mass is 298 g/mol. The van der Waals surface area contributed by atoms with Gasteiger partial charge in [-0.15, -0.1) is 0 Å². The Kier molecular flexibility index (Phi) is 5.41. The van der Waals surface area contributed by atoms with E-state index in [0.29, 0.717) is 12.0 Å². The highest BCUT2D eigenvalue weighted by Gasteiger charge is 2.24. The first-order valence-corrected chi connectivity index (χ1v) is 7.57. The fourth-order valence-corrected chi connectivity index (χ4v) is 2.93. The van der Waals surface area contributed by atoms with Crippen molar-refractivity contribution in [1.29, 1.82) is 0 Å². The van der Waals surface area contributed by atoms with Crippen LogP contribution in [-0.4, -0.2) is 41.9 Å². The highest BCUT2D eigenvalue weighted by atomic mass is 32.2. The maximum Gasteiger partial charge on any atom is 0.328 e. The molecule has 1 unspecified atom stereocenters. The maximum absolute atomic E-state index is 12.4. The van der Waals surface area contributed by atoms with Gasteiger partial charge < -0.3 is 5.11 Å². The number of nitrogens with zero attached hydrogens (tertiary/aromatic N) is 2. The number of rotatable bonds is 6. The van der Waals surface area contributed by atoms with E-state index < -0.39 is 16.0 Å². The predicted octanol–water partition coefficient (Wildman–Crippen LogP) is 1.60. The Morgan fingerprint density at radius 2 is 2.15 bits per heavy atom. The number of carbonyl (C=O) groups is 1. The van der Waals surface area contributed by atoms with E-state index in [-0.39, 0.29) is 10.9 Å². The summed E-state index contributed by atoms with van der Waals surface area (Å²) in [6, 6.07) is 1.28. The SMILES string of the molecule is CCC(C)N(C)S(=O)(=O)c1cncc(C=CC(=O)O)c1. The molecule has 1 N–H and O–H groups in total. The van der Waals surface area contributed by atoms with Crippen LogP contribution in [0, 0.1) is 0 Å². The summed E-state index contributed by atoms with van der Waals surface area (Å²) in [5, 5.41) is 8.56. The fraction of sp³-hybridized carbons (Fsp3) is 0.385. The third-order valence-corrected chi connectivity index (χ3v) is 4.98. The van der Waals surface area contributed by atoms with Crippen LogP contribution in [0.25, 0.3) is 6.08 Å². The first kappa shape index (κ1) is 16.3. The van der Waals surface area contributed by atoms with Gasteiger partial charge in [0.1, 0.15) is 4.90 Å². The Bertz CT molecular complexity index is 611. The van der Waals surface area contributed by atoms with Gasteiger partial charge in [0.15, 0.2) is 0 Å². The average molecular weight is 298 g/mol. The number of sulfonamides is 1. The Balaban J connectivity index is 3.14. The number of carboxylic acid groups (broad SMARTS) is 1. The van der Waals surface area contributed by atoms with Gasteiger partial charge in [0, 0.05) is 31.6 Å². The average Bonchev–Trinajstić information content (AvgIpc) is 2.43. The van der Waals surface area contributed by atoms with Gasteiger partial charge in [0.25, 0.3) is 0 Å². The summed E-state index contributed by atoms with van der Waals surface area (Å²) < 4.78 is 26.0. The zero-order valence-corrected chi connectivity index (χ0v) is 12.5. The summed E-state index contributed by atoms with van der Waals surface area (Å²) in [6.45, 7) is 3.72. The van der Waals surface area contributed by atoms with Crippen LogP contribution in [0.4, 0.5) is 0 Å². The summed E-state index contributed by atoms with van der Waals surface area (Å²) in [5.74, 6) is -1.10. The summed E-state index contributed by atoms with van der Waals surface area (Å²) >= 11 is 0. The van der Waals surface area contributed by atoms with Crippen molar-refractivity contribution in [2.24, 2.45) is 0 Å². The van der Waals surface area contributed by atoms with Gasteiger partial charge in [-0.1, -0.05) is 6.92 Å². The Morgan fingerprint density at radius 1 is 1.50 bits per heavy atom. The molecule has 7 heteroatoms. The zero-order chi connectivity index (χ0) is 15.3. The van der Waals surface area contributed by atoms with Gasteiger partial charge in [0.05, 0.1) is 0 Å². The molecule has 0 aliphatic carbocycles. The van der Waals surface area contributed by atoms with Crippen LogP contribution in [0.5, 0.6) is 0 Å². The van der Waals surface area contributed by atoms with E-state index >= 15 is 0 Å². The van der Waals surface area contributed by atoms with Crippen molar-refractivity contribution >= 4 is 22.1 Å². The standard InChI is InChI=1S/C13H18N2O4S/c1-4-10(2)15(3)20(18,19)12-7-11(8-14-9-12)5-6-13(16)17/h5-10H,4H2,1-3H3,(H,16,17). The second kappa shape index (κ2) is 6.62. The molecule has 0 aromatic carbocycles. The van der Waals surface area contributed by atoms with Crippen LogP contribution in [0.3, 0.4) is 0 Å². The smallest absolute Gasteiger partial charge is 0.328 e. The molecule has 1 atom stereocenters. The molecule has 0 saturated carbocycles. The molecule has 110 valence electrons. The molecular formula is C13H18N2O4S. The van der Waals surface area contributed by atoms with Crippen LogP contribution < -0.4 is 0 Å². The summed E-state index contributed by atoms with van der Waals surface area (Å²) in [4.78, 5) is 14.4. The number of aliphatic carboxylic acids is 1. The quantitative estimate of drug-likeness (QED) is 0.806. The molecular weight excluding hydrogens is 280 g/mol. The van der Waals surface area contributed by atoms with E-state index in [1.165, 1.54) is 35.9 Å². The first-order chi connectivity index (χ1) is 9.28. The van der Waals surface area contributed by atoms with E-state index in [0.717, 1.165) is 6.08 Å². The minimum atomic E-state index is -3.62. The van der Waals surface area contributed by atoms with Crippen molar-refractivity contribution in [3.8, 4) is 0 Å². The largest absolute Gasteiger partial charge is 0.478 e. The number of hydrogen-bond acceptors (Lipinski definition) is 4. The highest BCUT2D eigenvalue weighted by molar-refractivity contribution is 7.89. The van der Waals surface area contributed by atoms with Gasteiger partial charge in [0.2, 0.25) is 10.0 Å². The van der Waals surface area contributed by atoms with Crippen molar-refractivity contribution in [2.45, 2.75) is 31.2 Å². The topological polar surface area (TPSA) is 87.6 Å². The molecule has 0 spiro atoms. The molecule has 20 heavy (non-hydrogen) atoms. The number of pyridine rings is 1. The molecule has 1 aromatic rings. The minimum Gasteiger partial charge on any atom is -0.478 e. The van der Waals surface area contributed by atoms with Crippen LogP contribution in [-0.2, 0) is 14.8 Å². The lowest BCUT2D eigenvalue weighted by Gasteiger charge is -2.23. The van der Waals surface area contributed by atoms with Crippen molar-refractivity contribution < 1.29 is 18.3 Å². The number of hydrogen-bond donors (Lipinski definition) is 1. The van der Waals surface area contributed by atoms with Gasteiger partial charge in [-0.25, -0.2) is 13.2 Å². The Hall–Kier alpha value is -1.73. The van der Waals surface area contributed by atoms with E-state index in [9.17, 15) is 13.2 Å². The molecule has 6 nitrogen and oxygen atoms in total. The van der Waals surface area contributed by atoms with Crippen molar-refractivity contribution in [1.82, 2.24) is 9.29 Å². The molecule has 0 bridgehead atoms. The molecule has 0 amide bonds. The molecule has 0 aliphatic heterocycles. The van der Waals surface area contributed by atoms with E-state index in [1.807, 2.05) is 13.8 Å². The van der Waals surface area contributed by atoms with E-state index in [4.69, 9.17) is 5.11 Å².